The lowest BCUT2D eigenvalue weighted by atomic mass is 9.66. The Bertz CT molecular complexity index is 1360. The number of nitrogens with one attached hydrogen (secondary N) is 2. The molecule has 1 aromatic heterocycles. The Morgan fingerprint density at radius 3 is 2.51 bits per heavy atom. The van der Waals surface area contributed by atoms with Gasteiger partial charge in [-0.25, -0.2) is 9.37 Å². The van der Waals surface area contributed by atoms with Gasteiger partial charge < -0.3 is 26.4 Å². The molecule has 3 aliphatic rings. The van der Waals surface area contributed by atoms with Crippen molar-refractivity contribution in [3.63, 3.8) is 0 Å². The molecule has 0 radical (unpaired) electrons. The predicted octanol–water partition coefficient (Wildman–Crippen LogP) is 1.04. The zero-order valence-electron chi connectivity index (χ0n) is 22.5. The lowest BCUT2D eigenvalue weighted by Crippen LogP contribution is -2.54. The molecule has 5 rings (SSSR count). The number of likely N-dealkylation sites (N-methyl/N-ethyl adjacent to an activating group) is 1. The third-order valence-electron chi connectivity index (χ3n) is 7.99. The van der Waals surface area contributed by atoms with Gasteiger partial charge in [-0.3, -0.25) is 23.7 Å². The van der Waals surface area contributed by atoms with Crippen LogP contribution in [0, 0.1) is 18.2 Å². The average Bonchev–Trinajstić information content (AvgIpc) is 3.12. The second-order valence-electron chi connectivity index (χ2n) is 10.9. The van der Waals surface area contributed by atoms with Crippen molar-refractivity contribution in [1.82, 2.24) is 25.1 Å². The van der Waals surface area contributed by atoms with Gasteiger partial charge in [-0.15, -0.1) is 0 Å². The molecule has 3 heterocycles. The molecule has 39 heavy (non-hydrogen) atoms. The van der Waals surface area contributed by atoms with E-state index in [-0.39, 0.29) is 30.1 Å². The molecular weight excluding hydrogens is 507 g/mol. The first-order valence-electron chi connectivity index (χ1n) is 13.0. The van der Waals surface area contributed by atoms with Gasteiger partial charge in [0, 0.05) is 27.2 Å². The minimum atomic E-state index is -1.18. The Morgan fingerprint density at radius 2 is 1.90 bits per heavy atom. The van der Waals surface area contributed by atoms with E-state index < -0.39 is 40.3 Å². The van der Waals surface area contributed by atoms with E-state index >= 15 is 0 Å². The largest absolute Gasteiger partial charge is 0.501 e. The van der Waals surface area contributed by atoms with Crippen molar-refractivity contribution in [3.8, 4) is 5.75 Å². The third-order valence-corrected chi connectivity index (χ3v) is 7.99. The fourth-order valence-corrected chi connectivity index (χ4v) is 5.68. The highest BCUT2D eigenvalue weighted by Crippen LogP contribution is 2.51. The standard InChI is InChI=1S/C27H35FN6O5/c1-16-13-17(5-6-18(16)28)14-30-21(36)19-20(35)23(38)34-15-26(7-4-12-29)8-10-27(11-9-26,25(34)31-19)32-22(37)24(39)33(2)3/h5-6,13,35H,4,7-12,14-15,29H2,1-3H3,(H,30,36)(H,32,37). The molecule has 5 N–H and O–H groups in total. The molecule has 1 saturated carbocycles. The highest BCUT2D eigenvalue weighted by atomic mass is 19.1. The number of halogens is 1. The van der Waals surface area contributed by atoms with Gasteiger partial charge in [0.2, 0.25) is 5.75 Å². The molecule has 0 saturated heterocycles. The number of fused-ring (bicyclic) bond motifs is 2. The summed E-state index contributed by atoms with van der Waals surface area (Å²) in [4.78, 5) is 57.6. The van der Waals surface area contributed by atoms with Crippen LogP contribution in [0.1, 0.15) is 66.0 Å². The zero-order valence-corrected chi connectivity index (χ0v) is 22.5. The van der Waals surface area contributed by atoms with Crippen molar-refractivity contribution in [1.29, 1.82) is 0 Å². The monoisotopic (exact) mass is 542 g/mol. The Balaban J connectivity index is 1.74. The molecule has 2 aliphatic heterocycles. The molecule has 12 heteroatoms. The Morgan fingerprint density at radius 1 is 1.21 bits per heavy atom. The first kappa shape index (κ1) is 28.2. The second-order valence-corrected chi connectivity index (χ2v) is 10.9. The van der Waals surface area contributed by atoms with E-state index in [1.54, 1.807) is 13.0 Å². The molecule has 1 aromatic carbocycles. The summed E-state index contributed by atoms with van der Waals surface area (Å²) in [5.74, 6) is -3.43. The van der Waals surface area contributed by atoms with E-state index in [9.17, 15) is 28.7 Å². The number of carbonyl (C=O) groups excluding carboxylic acids is 3. The van der Waals surface area contributed by atoms with Crippen molar-refractivity contribution in [2.24, 2.45) is 11.1 Å². The first-order valence-corrected chi connectivity index (χ1v) is 13.0. The van der Waals surface area contributed by atoms with Gasteiger partial charge in [-0.1, -0.05) is 12.1 Å². The Labute approximate surface area is 225 Å². The maximum absolute atomic E-state index is 13.6. The van der Waals surface area contributed by atoms with Crippen LogP contribution in [0.5, 0.6) is 5.75 Å². The van der Waals surface area contributed by atoms with Crippen LogP contribution in [-0.4, -0.2) is 57.9 Å². The number of amides is 3. The normalized spacial score (nSPS) is 21.6. The molecular formula is C27H35FN6O5. The van der Waals surface area contributed by atoms with E-state index in [1.165, 1.54) is 30.8 Å². The van der Waals surface area contributed by atoms with Crippen LogP contribution in [0.2, 0.25) is 0 Å². The highest BCUT2D eigenvalue weighted by Gasteiger charge is 2.51. The molecule has 0 atom stereocenters. The fraction of sp³-hybridized carbons (Fsp3) is 0.519. The Kier molecular flexibility index (Phi) is 7.78. The summed E-state index contributed by atoms with van der Waals surface area (Å²) in [6, 6.07) is 4.40. The average molecular weight is 543 g/mol. The van der Waals surface area contributed by atoms with Crippen molar-refractivity contribution < 1.29 is 23.9 Å². The molecule has 2 bridgehead atoms. The molecule has 0 unspecified atom stereocenters. The van der Waals surface area contributed by atoms with Gasteiger partial charge >= 0.3 is 11.8 Å². The summed E-state index contributed by atoms with van der Waals surface area (Å²) in [6.45, 7) is 2.35. The summed E-state index contributed by atoms with van der Waals surface area (Å²) in [5, 5.41) is 16.2. The summed E-state index contributed by atoms with van der Waals surface area (Å²) < 4.78 is 15.0. The number of benzene rings is 1. The number of hydrogen-bond donors (Lipinski definition) is 4. The van der Waals surface area contributed by atoms with E-state index in [1.807, 2.05) is 0 Å². The van der Waals surface area contributed by atoms with E-state index in [2.05, 4.69) is 15.6 Å². The number of nitrogens with two attached hydrogens (primary N) is 1. The highest BCUT2D eigenvalue weighted by molar-refractivity contribution is 6.35. The van der Waals surface area contributed by atoms with Crippen LogP contribution in [0.15, 0.2) is 23.0 Å². The van der Waals surface area contributed by atoms with Crippen LogP contribution < -0.4 is 21.9 Å². The molecule has 1 aliphatic carbocycles. The topological polar surface area (TPSA) is 160 Å². The fourth-order valence-electron chi connectivity index (χ4n) is 5.68. The van der Waals surface area contributed by atoms with Gasteiger partial charge in [0.05, 0.1) is 5.54 Å². The maximum Gasteiger partial charge on any atom is 0.311 e. The van der Waals surface area contributed by atoms with Gasteiger partial charge in [0.1, 0.15) is 11.6 Å². The van der Waals surface area contributed by atoms with Crippen LogP contribution in [0.25, 0.3) is 0 Å². The molecule has 2 aromatic rings. The van der Waals surface area contributed by atoms with Crippen molar-refractivity contribution in [3.05, 3.63) is 57.0 Å². The quantitative estimate of drug-likeness (QED) is 0.380. The number of carbonyl (C=O) groups is 3. The van der Waals surface area contributed by atoms with E-state index in [0.29, 0.717) is 43.4 Å². The number of rotatable bonds is 7. The second kappa shape index (κ2) is 10.8. The number of aromatic hydroxyl groups is 1. The first-order chi connectivity index (χ1) is 18.4. The summed E-state index contributed by atoms with van der Waals surface area (Å²) in [6.07, 6.45) is 3.56. The summed E-state index contributed by atoms with van der Waals surface area (Å²) in [5.41, 5.74) is 4.06. The maximum atomic E-state index is 13.6. The molecule has 3 amide bonds. The molecule has 11 nitrogen and oxygen atoms in total. The van der Waals surface area contributed by atoms with Crippen molar-refractivity contribution >= 4 is 17.7 Å². The van der Waals surface area contributed by atoms with Crippen LogP contribution in [-0.2, 0) is 28.2 Å². The van der Waals surface area contributed by atoms with E-state index in [0.717, 1.165) is 17.7 Å². The minimum Gasteiger partial charge on any atom is -0.501 e. The van der Waals surface area contributed by atoms with Crippen LogP contribution in [0.4, 0.5) is 4.39 Å². The number of aryl methyl sites for hydroxylation is 1. The van der Waals surface area contributed by atoms with Crippen molar-refractivity contribution in [2.75, 3.05) is 20.6 Å². The number of hydrogen-bond acceptors (Lipinski definition) is 7. The third kappa shape index (κ3) is 5.38. The van der Waals surface area contributed by atoms with Gasteiger partial charge in [0.25, 0.3) is 11.5 Å². The van der Waals surface area contributed by atoms with Crippen molar-refractivity contribution in [2.45, 2.75) is 64.1 Å². The molecule has 0 spiro atoms. The van der Waals surface area contributed by atoms with Crippen LogP contribution >= 0.6 is 0 Å². The SMILES string of the molecule is Cc1cc(CNC(=O)c2nc3n(c(=O)c2O)CC2(CCCN)CCC3(NC(=O)C(=O)N(C)C)CC2)ccc1F. The van der Waals surface area contributed by atoms with Gasteiger partial charge in [0.15, 0.2) is 5.69 Å². The number of nitrogens with zero attached hydrogens (tertiary/aromatic N) is 3. The van der Waals surface area contributed by atoms with E-state index in [4.69, 9.17) is 5.73 Å². The van der Waals surface area contributed by atoms with Gasteiger partial charge in [-0.2, -0.15) is 0 Å². The number of aromatic nitrogens is 2. The smallest absolute Gasteiger partial charge is 0.311 e. The minimum absolute atomic E-state index is 0.0148. The van der Waals surface area contributed by atoms with Gasteiger partial charge in [-0.05, 0) is 74.6 Å². The zero-order chi connectivity index (χ0) is 28.5. The lowest BCUT2D eigenvalue weighted by Gasteiger charge is -2.42. The lowest BCUT2D eigenvalue weighted by molar-refractivity contribution is -0.145. The Hall–Kier alpha value is -3.80. The molecule has 210 valence electrons. The summed E-state index contributed by atoms with van der Waals surface area (Å²) in [7, 11) is 2.93. The summed E-state index contributed by atoms with van der Waals surface area (Å²) >= 11 is 0. The molecule has 1 fully saturated rings. The predicted molar refractivity (Wildman–Crippen MR) is 140 cm³/mol. The van der Waals surface area contributed by atoms with Crippen LogP contribution in [0.3, 0.4) is 0 Å².